The molecule has 0 radical (unpaired) electrons. The van der Waals surface area contributed by atoms with Crippen molar-refractivity contribution >= 4 is 46.3 Å². The standard InChI is InChI=1S/C21H19NO4S2/c23-19-18(28-21(27)22(19)15-7-2-1-3-8-15)12-16-9-10-17(26-16)13-5-4-6-14(11-13)20(24)25/h4-6,9-12,15H,1-3,7-8H2,(H,24,25). The second kappa shape index (κ2) is 7.93. The SMILES string of the molecule is O=C(O)c1cccc(-c2ccc(C=C3SC(=S)N(C4CCCCC4)C3=O)o2)c1. The Morgan fingerprint density at radius 1 is 1.21 bits per heavy atom. The Bertz CT molecular complexity index is 972. The molecular formula is C21H19NO4S2. The van der Waals surface area contributed by atoms with E-state index in [1.807, 2.05) is 0 Å². The van der Waals surface area contributed by atoms with Gasteiger partial charge in [0, 0.05) is 17.7 Å². The summed E-state index contributed by atoms with van der Waals surface area (Å²) in [5, 5.41) is 9.14. The van der Waals surface area contributed by atoms with Crippen LogP contribution < -0.4 is 0 Å². The van der Waals surface area contributed by atoms with Crippen molar-refractivity contribution in [3.63, 3.8) is 0 Å². The summed E-state index contributed by atoms with van der Waals surface area (Å²) in [6.07, 6.45) is 7.22. The number of rotatable bonds is 4. The Morgan fingerprint density at radius 2 is 2.00 bits per heavy atom. The number of nitrogens with zero attached hydrogens (tertiary/aromatic N) is 1. The Balaban J connectivity index is 1.55. The van der Waals surface area contributed by atoms with E-state index in [9.17, 15) is 9.59 Å². The quantitative estimate of drug-likeness (QED) is 0.550. The van der Waals surface area contributed by atoms with Crippen LogP contribution in [0.5, 0.6) is 0 Å². The number of carbonyl (C=O) groups excluding carboxylic acids is 1. The van der Waals surface area contributed by atoms with Gasteiger partial charge in [0.2, 0.25) is 0 Å². The lowest BCUT2D eigenvalue weighted by Gasteiger charge is -2.29. The van der Waals surface area contributed by atoms with E-state index in [0.717, 1.165) is 25.7 Å². The number of hydrogen-bond acceptors (Lipinski definition) is 5. The van der Waals surface area contributed by atoms with Gasteiger partial charge in [-0.1, -0.05) is 55.4 Å². The first-order valence-corrected chi connectivity index (χ1v) is 10.5. The number of amides is 1. The molecule has 0 spiro atoms. The van der Waals surface area contributed by atoms with Crippen LogP contribution in [-0.4, -0.2) is 32.2 Å². The predicted molar refractivity (Wildman–Crippen MR) is 113 cm³/mol. The lowest BCUT2D eigenvalue weighted by molar-refractivity contribution is -0.124. The number of thiocarbonyl (C=S) groups is 1. The van der Waals surface area contributed by atoms with Crippen LogP contribution in [0.3, 0.4) is 0 Å². The van der Waals surface area contributed by atoms with Gasteiger partial charge < -0.3 is 9.52 Å². The molecule has 1 aliphatic carbocycles. The monoisotopic (exact) mass is 413 g/mol. The van der Waals surface area contributed by atoms with Crippen LogP contribution in [0.4, 0.5) is 0 Å². The van der Waals surface area contributed by atoms with Gasteiger partial charge in [0.1, 0.15) is 15.8 Å². The molecule has 5 nitrogen and oxygen atoms in total. The topological polar surface area (TPSA) is 70.8 Å². The second-order valence-electron chi connectivity index (χ2n) is 6.93. The molecule has 1 N–H and O–H groups in total. The van der Waals surface area contributed by atoms with Gasteiger partial charge in [0.05, 0.1) is 10.5 Å². The number of furan rings is 1. The molecule has 144 valence electrons. The number of thioether (sulfide) groups is 1. The fourth-order valence-electron chi connectivity index (χ4n) is 3.65. The molecule has 7 heteroatoms. The van der Waals surface area contributed by atoms with E-state index in [0.29, 0.717) is 26.3 Å². The summed E-state index contributed by atoms with van der Waals surface area (Å²) in [4.78, 5) is 26.3. The first kappa shape index (κ1) is 19.0. The zero-order valence-electron chi connectivity index (χ0n) is 15.1. The fourth-order valence-corrected chi connectivity index (χ4v) is 5.03. The molecule has 1 amide bonds. The highest BCUT2D eigenvalue weighted by atomic mass is 32.2. The van der Waals surface area contributed by atoms with Crippen molar-refractivity contribution in [2.24, 2.45) is 0 Å². The van der Waals surface area contributed by atoms with Crippen LogP contribution in [0, 0.1) is 0 Å². The molecule has 0 bridgehead atoms. The normalized spacial score (nSPS) is 19.6. The maximum atomic E-state index is 12.9. The number of hydrogen-bond donors (Lipinski definition) is 1. The van der Waals surface area contributed by atoms with Crippen molar-refractivity contribution in [2.75, 3.05) is 0 Å². The minimum atomic E-state index is -0.986. The summed E-state index contributed by atoms with van der Waals surface area (Å²) in [6, 6.07) is 10.3. The highest BCUT2D eigenvalue weighted by molar-refractivity contribution is 8.26. The Kier molecular flexibility index (Phi) is 5.37. The molecule has 0 atom stereocenters. The van der Waals surface area contributed by atoms with Gasteiger partial charge in [-0.3, -0.25) is 9.69 Å². The van der Waals surface area contributed by atoms with Crippen LogP contribution in [0.15, 0.2) is 45.7 Å². The average Bonchev–Trinajstić information content (AvgIpc) is 3.27. The molecule has 1 aromatic heterocycles. The second-order valence-corrected chi connectivity index (χ2v) is 8.61. The van der Waals surface area contributed by atoms with Gasteiger partial charge in [0.15, 0.2) is 0 Å². The van der Waals surface area contributed by atoms with Crippen molar-refractivity contribution in [3.05, 3.63) is 52.6 Å². The summed E-state index contributed by atoms with van der Waals surface area (Å²) in [6.45, 7) is 0. The maximum absolute atomic E-state index is 12.9. The van der Waals surface area contributed by atoms with E-state index >= 15 is 0 Å². The van der Waals surface area contributed by atoms with Gasteiger partial charge in [-0.05, 0) is 37.1 Å². The highest BCUT2D eigenvalue weighted by Crippen LogP contribution is 2.37. The van der Waals surface area contributed by atoms with E-state index in [1.165, 1.54) is 24.2 Å². The molecule has 2 heterocycles. The Labute approximate surface area is 172 Å². The number of aromatic carboxylic acids is 1. The lowest BCUT2D eigenvalue weighted by atomic mass is 9.94. The van der Waals surface area contributed by atoms with Gasteiger partial charge >= 0.3 is 5.97 Å². The summed E-state index contributed by atoms with van der Waals surface area (Å²) in [5.41, 5.74) is 0.873. The zero-order chi connectivity index (χ0) is 19.7. The molecule has 4 rings (SSSR count). The minimum Gasteiger partial charge on any atom is -0.478 e. The van der Waals surface area contributed by atoms with Crippen LogP contribution in [0.25, 0.3) is 17.4 Å². The Hall–Kier alpha value is -2.38. The molecule has 0 unspecified atom stereocenters. The molecule has 1 aliphatic heterocycles. The molecule has 2 fully saturated rings. The van der Waals surface area contributed by atoms with Crippen molar-refractivity contribution in [1.29, 1.82) is 0 Å². The summed E-state index contributed by atoms with van der Waals surface area (Å²) in [7, 11) is 0. The molecule has 2 aliphatic rings. The molecule has 1 saturated heterocycles. The predicted octanol–water partition coefficient (Wildman–Crippen LogP) is 5.18. The summed E-state index contributed by atoms with van der Waals surface area (Å²) in [5.74, 6) is 0.0599. The van der Waals surface area contributed by atoms with Crippen LogP contribution in [0.1, 0.15) is 48.2 Å². The van der Waals surface area contributed by atoms with Crippen LogP contribution >= 0.6 is 24.0 Å². The molecular weight excluding hydrogens is 394 g/mol. The van der Waals surface area contributed by atoms with E-state index < -0.39 is 5.97 Å². The molecule has 2 aromatic rings. The van der Waals surface area contributed by atoms with E-state index in [4.69, 9.17) is 21.7 Å². The number of carboxylic acids is 1. The zero-order valence-corrected chi connectivity index (χ0v) is 16.7. The minimum absolute atomic E-state index is 0.0484. The third kappa shape index (κ3) is 3.77. The smallest absolute Gasteiger partial charge is 0.335 e. The summed E-state index contributed by atoms with van der Waals surface area (Å²) < 4.78 is 6.45. The third-order valence-corrected chi connectivity index (χ3v) is 6.39. The van der Waals surface area contributed by atoms with Crippen molar-refractivity contribution in [1.82, 2.24) is 4.90 Å². The average molecular weight is 414 g/mol. The van der Waals surface area contributed by atoms with Gasteiger partial charge in [-0.2, -0.15) is 0 Å². The third-order valence-electron chi connectivity index (χ3n) is 5.06. The molecule has 28 heavy (non-hydrogen) atoms. The first-order valence-electron chi connectivity index (χ1n) is 9.23. The lowest BCUT2D eigenvalue weighted by Crippen LogP contribution is -2.39. The van der Waals surface area contributed by atoms with Crippen molar-refractivity contribution in [3.8, 4) is 11.3 Å². The number of carboxylic acid groups (broad SMARTS) is 1. The number of carbonyl (C=O) groups is 2. The first-order chi connectivity index (χ1) is 13.5. The fraction of sp³-hybridized carbons (Fsp3) is 0.286. The summed E-state index contributed by atoms with van der Waals surface area (Å²) >= 11 is 6.77. The van der Waals surface area contributed by atoms with E-state index in [-0.39, 0.29) is 17.5 Å². The van der Waals surface area contributed by atoms with E-state index in [2.05, 4.69) is 0 Å². The van der Waals surface area contributed by atoms with Crippen molar-refractivity contribution < 1.29 is 19.1 Å². The maximum Gasteiger partial charge on any atom is 0.335 e. The van der Waals surface area contributed by atoms with Crippen LogP contribution in [0.2, 0.25) is 0 Å². The van der Waals surface area contributed by atoms with Gasteiger partial charge in [-0.25, -0.2) is 4.79 Å². The molecule has 1 aromatic carbocycles. The number of benzene rings is 1. The van der Waals surface area contributed by atoms with Crippen LogP contribution in [-0.2, 0) is 4.79 Å². The highest BCUT2D eigenvalue weighted by Gasteiger charge is 2.37. The Morgan fingerprint density at radius 3 is 2.75 bits per heavy atom. The van der Waals surface area contributed by atoms with Gasteiger partial charge in [0.25, 0.3) is 5.91 Å². The molecule has 1 saturated carbocycles. The largest absolute Gasteiger partial charge is 0.478 e. The van der Waals surface area contributed by atoms with Gasteiger partial charge in [-0.15, -0.1) is 0 Å². The van der Waals surface area contributed by atoms with E-state index in [1.54, 1.807) is 41.3 Å². The van der Waals surface area contributed by atoms with Crippen molar-refractivity contribution in [2.45, 2.75) is 38.1 Å².